The molecule has 0 N–H and O–H groups in total. The van der Waals surface area contributed by atoms with Gasteiger partial charge in [0.1, 0.15) is 0 Å². The fourth-order valence-electron chi connectivity index (χ4n) is 2.31. The third-order valence-electron chi connectivity index (χ3n) is 3.78. The number of aryl methyl sites for hydroxylation is 2. The summed E-state index contributed by atoms with van der Waals surface area (Å²) in [5.74, 6) is 0. The van der Waals surface area contributed by atoms with Crippen molar-refractivity contribution in [2.75, 3.05) is 18.0 Å². The van der Waals surface area contributed by atoms with E-state index in [-0.39, 0.29) is 5.38 Å². The molecule has 0 spiro atoms. The van der Waals surface area contributed by atoms with Crippen molar-refractivity contribution in [2.45, 2.75) is 26.1 Å². The molecule has 0 heterocycles. The Labute approximate surface area is 127 Å². The fraction of sp³-hybridized carbons (Fsp3) is 0.333. The van der Waals surface area contributed by atoms with Crippen LogP contribution in [-0.4, -0.2) is 13.1 Å². The van der Waals surface area contributed by atoms with Crippen molar-refractivity contribution in [3.63, 3.8) is 0 Å². The zero-order chi connectivity index (χ0) is 14.5. The third-order valence-corrected chi connectivity index (χ3v) is 4.17. The van der Waals surface area contributed by atoms with Gasteiger partial charge in [-0.15, -0.1) is 11.6 Å². The molecule has 0 radical (unpaired) electrons. The summed E-state index contributed by atoms with van der Waals surface area (Å²) in [5, 5.41) is 0.00876. The number of para-hydroxylation sites is 1. The molecule has 106 valence electrons. The Kier molecular flexibility index (Phi) is 5.08. The second-order valence-corrected chi connectivity index (χ2v) is 5.71. The molecule has 0 saturated heterocycles. The fourth-order valence-corrected chi connectivity index (χ4v) is 2.62. The molecule has 0 fully saturated rings. The molecule has 0 aromatic heterocycles. The van der Waals surface area contributed by atoms with Gasteiger partial charge in [0.2, 0.25) is 0 Å². The molecule has 0 bridgehead atoms. The van der Waals surface area contributed by atoms with Gasteiger partial charge in [0.25, 0.3) is 0 Å². The first-order valence-electron chi connectivity index (χ1n) is 7.13. The van der Waals surface area contributed by atoms with Crippen LogP contribution in [0.25, 0.3) is 0 Å². The molecule has 0 aliphatic rings. The van der Waals surface area contributed by atoms with Gasteiger partial charge in [0, 0.05) is 18.8 Å². The minimum Gasteiger partial charge on any atom is -0.370 e. The number of hydrogen-bond donors (Lipinski definition) is 0. The van der Waals surface area contributed by atoms with Gasteiger partial charge in [-0.2, -0.15) is 0 Å². The zero-order valence-corrected chi connectivity index (χ0v) is 13.2. The van der Waals surface area contributed by atoms with E-state index in [0.717, 1.165) is 13.1 Å². The average molecular weight is 288 g/mol. The van der Waals surface area contributed by atoms with Crippen LogP contribution in [0.4, 0.5) is 5.69 Å². The van der Waals surface area contributed by atoms with E-state index in [0.29, 0.717) is 0 Å². The Morgan fingerprint density at radius 1 is 1.00 bits per heavy atom. The molecule has 0 aliphatic carbocycles. The van der Waals surface area contributed by atoms with Crippen LogP contribution >= 0.6 is 11.6 Å². The predicted molar refractivity (Wildman–Crippen MR) is 88.8 cm³/mol. The molecule has 2 rings (SSSR count). The van der Waals surface area contributed by atoms with E-state index in [1.807, 2.05) is 6.07 Å². The molecular weight excluding hydrogens is 266 g/mol. The average Bonchev–Trinajstić information content (AvgIpc) is 2.48. The summed E-state index contributed by atoms with van der Waals surface area (Å²) in [7, 11) is 0. The lowest BCUT2D eigenvalue weighted by molar-refractivity contribution is 0.790. The van der Waals surface area contributed by atoms with Gasteiger partial charge in [-0.25, -0.2) is 0 Å². The highest BCUT2D eigenvalue weighted by atomic mass is 35.5. The van der Waals surface area contributed by atoms with E-state index in [9.17, 15) is 0 Å². The van der Waals surface area contributed by atoms with Crippen molar-refractivity contribution in [2.24, 2.45) is 0 Å². The zero-order valence-electron chi connectivity index (χ0n) is 12.4. The minimum atomic E-state index is 0.00876. The Hall–Kier alpha value is -1.47. The summed E-state index contributed by atoms with van der Waals surface area (Å²) >= 11 is 6.61. The lowest BCUT2D eigenvalue weighted by atomic mass is 10.0. The standard InChI is InChI=1S/C18H22ClN/c1-4-20(17-8-6-5-7-9-17)13-18(19)16-11-10-14(2)15(3)12-16/h5-12,18H,4,13H2,1-3H3. The van der Waals surface area contributed by atoms with Crippen LogP contribution in [0.1, 0.15) is 29.0 Å². The maximum Gasteiger partial charge on any atom is 0.0760 e. The molecule has 2 aromatic rings. The first-order chi connectivity index (χ1) is 9.61. The molecule has 2 aromatic carbocycles. The van der Waals surface area contributed by atoms with E-state index in [1.165, 1.54) is 22.4 Å². The number of halogens is 1. The Morgan fingerprint density at radius 3 is 2.30 bits per heavy atom. The number of rotatable bonds is 5. The van der Waals surface area contributed by atoms with Crippen LogP contribution in [0.3, 0.4) is 0 Å². The van der Waals surface area contributed by atoms with E-state index >= 15 is 0 Å². The van der Waals surface area contributed by atoms with Crippen LogP contribution in [0.15, 0.2) is 48.5 Å². The van der Waals surface area contributed by atoms with Crippen LogP contribution in [0.2, 0.25) is 0 Å². The number of hydrogen-bond acceptors (Lipinski definition) is 1. The maximum atomic E-state index is 6.61. The highest BCUT2D eigenvalue weighted by Crippen LogP contribution is 2.26. The van der Waals surface area contributed by atoms with Gasteiger partial charge in [-0.3, -0.25) is 0 Å². The van der Waals surface area contributed by atoms with Gasteiger partial charge in [0.15, 0.2) is 0 Å². The lowest BCUT2D eigenvalue weighted by Crippen LogP contribution is -2.26. The smallest absolute Gasteiger partial charge is 0.0760 e. The van der Waals surface area contributed by atoms with Gasteiger partial charge in [-0.1, -0.05) is 36.4 Å². The number of anilines is 1. The molecule has 1 nitrogen and oxygen atoms in total. The van der Waals surface area contributed by atoms with Crippen LogP contribution in [0, 0.1) is 13.8 Å². The molecule has 0 saturated carbocycles. The summed E-state index contributed by atoms with van der Waals surface area (Å²) in [5.41, 5.74) is 5.04. The van der Waals surface area contributed by atoms with Crippen molar-refractivity contribution in [1.29, 1.82) is 0 Å². The van der Waals surface area contributed by atoms with Gasteiger partial charge in [-0.05, 0) is 49.6 Å². The summed E-state index contributed by atoms with van der Waals surface area (Å²) < 4.78 is 0. The molecule has 2 heteroatoms. The van der Waals surface area contributed by atoms with Crippen LogP contribution < -0.4 is 4.90 Å². The molecule has 0 amide bonds. The van der Waals surface area contributed by atoms with Crippen molar-refractivity contribution in [3.05, 3.63) is 65.2 Å². The van der Waals surface area contributed by atoms with E-state index < -0.39 is 0 Å². The van der Waals surface area contributed by atoms with E-state index in [4.69, 9.17) is 11.6 Å². The SMILES string of the molecule is CCN(CC(Cl)c1ccc(C)c(C)c1)c1ccccc1. The molecule has 1 unspecified atom stereocenters. The first-order valence-corrected chi connectivity index (χ1v) is 7.56. The predicted octanol–water partition coefficient (Wildman–Crippen LogP) is 5.11. The van der Waals surface area contributed by atoms with Crippen molar-refractivity contribution in [1.82, 2.24) is 0 Å². The second kappa shape index (κ2) is 6.81. The normalized spacial score (nSPS) is 12.2. The van der Waals surface area contributed by atoms with Gasteiger partial charge >= 0.3 is 0 Å². The Bertz CT molecular complexity index is 551. The Balaban J connectivity index is 2.13. The van der Waals surface area contributed by atoms with E-state index in [1.54, 1.807) is 0 Å². The van der Waals surface area contributed by atoms with Crippen LogP contribution in [-0.2, 0) is 0 Å². The topological polar surface area (TPSA) is 3.24 Å². The molecule has 0 aliphatic heterocycles. The maximum absolute atomic E-state index is 6.61. The Morgan fingerprint density at radius 2 is 1.70 bits per heavy atom. The van der Waals surface area contributed by atoms with Gasteiger partial charge < -0.3 is 4.90 Å². The minimum absolute atomic E-state index is 0.00876. The monoisotopic (exact) mass is 287 g/mol. The van der Waals surface area contributed by atoms with Crippen molar-refractivity contribution in [3.8, 4) is 0 Å². The highest BCUT2D eigenvalue weighted by Gasteiger charge is 2.13. The molecule has 1 atom stereocenters. The third kappa shape index (κ3) is 3.55. The van der Waals surface area contributed by atoms with E-state index in [2.05, 4.69) is 68.1 Å². The number of likely N-dealkylation sites (N-methyl/N-ethyl adjacent to an activating group) is 1. The highest BCUT2D eigenvalue weighted by molar-refractivity contribution is 6.21. The first kappa shape index (κ1) is 14.9. The van der Waals surface area contributed by atoms with Crippen molar-refractivity contribution >= 4 is 17.3 Å². The number of alkyl halides is 1. The van der Waals surface area contributed by atoms with Gasteiger partial charge in [0.05, 0.1) is 5.38 Å². The largest absolute Gasteiger partial charge is 0.370 e. The second-order valence-electron chi connectivity index (χ2n) is 5.19. The molecular formula is C18H22ClN. The summed E-state index contributed by atoms with van der Waals surface area (Å²) in [6.45, 7) is 8.21. The van der Waals surface area contributed by atoms with Crippen molar-refractivity contribution < 1.29 is 0 Å². The summed E-state index contributed by atoms with van der Waals surface area (Å²) in [6.07, 6.45) is 0. The number of nitrogens with zero attached hydrogens (tertiary/aromatic N) is 1. The number of benzene rings is 2. The van der Waals surface area contributed by atoms with Crippen LogP contribution in [0.5, 0.6) is 0 Å². The lowest BCUT2D eigenvalue weighted by Gasteiger charge is -2.26. The summed E-state index contributed by atoms with van der Waals surface area (Å²) in [6, 6.07) is 16.9. The molecule has 20 heavy (non-hydrogen) atoms. The quantitative estimate of drug-likeness (QED) is 0.691. The summed E-state index contributed by atoms with van der Waals surface area (Å²) in [4.78, 5) is 2.31.